The third-order valence-electron chi connectivity index (χ3n) is 3.62. The van der Waals surface area contributed by atoms with E-state index in [1.54, 1.807) is 44.6 Å². The Morgan fingerprint density at radius 2 is 1.69 bits per heavy atom. The van der Waals surface area contributed by atoms with Gasteiger partial charge in [-0.05, 0) is 50.2 Å². The number of thiazole rings is 1. The van der Waals surface area contributed by atoms with Crippen LogP contribution in [0.2, 0.25) is 0 Å². The van der Waals surface area contributed by atoms with Gasteiger partial charge in [0.25, 0.3) is 5.91 Å². The van der Waals surface area contributed by atoms with E-state index < -0.39 is 0 Å². The topological polar surface area (TPSA) is 69.7 Å². The Morgan fingerprint density at radius 3 is 2.31 bits per heavy atom. The van der Waals surface area contributed by atoms with Crippen LogP contribution in [0.4, 0.5) is 5.13 Å². The first-order chi connectivity index (χ1) is 12.5. The Morgan fingerprint density at radius 1 is 1.04 bits per heavy atom. The average Bonchev–Trinajstić information content (AvgIpc) is 3.04. The van der Waals surface area contributed by atoms with Gasteiger partial charge in [-0.1, -0.05) is 11.3 Å². The minimum atomic E-state index is -0.238. The maximum Gasteiger partial charge on any atom is 0.257 e. The first kappa shape index (κ1) is 18.0. The summed E-state index contributed by atoms with van der Waals surface area (Å²) in [5.74, 6) is 1.81. The zero-order valence-electron chi connectivity index (χ0n) is 15.0. The van der Waals surface area contributed by atoms with Gasteiger partial charge in [0.05, 0.1) is 20.3 Å². The number of carbonyl (C=O) groups excluding carboxylic acids is 1. The largest absolute Gasteiger partial charge is 0.495 e. The van der Waals surface area contributed by atoms with Gasteiger partial charge in [0.2, 0.25) is 0 Å². The molecule has 0 atom stereocenters. The van der Waals surface area contributed by atoms with Crippen molar-refractivity contribution < 1.29 is 19.0 Å². The molecular formula is C19H20N2O4S. The molecule has 1 aromatic heterocycles. The van der Waals surface area contributed by atoms with E-state index in [-0.39, 0.29) is 12.0 Å². The van der Waals surface area contributed by atoms with Crippen LogP contribution in [0.1, 0.15) is 24.2 Å². The van der Waals surface area contributed by atoms with Crippen LogP contribution in [0.25, 0.3) is 10.2 Å². The summed E-state index contributed by atoms with van der Waals surface area (Å²) in [6, 6.07) is 10.6. The number of aromatic nitrogens is 1. The van der Waals surface area contributed by atoms with Crippen LogP contribution < -0.4 is 19.5 Å². The molecule has 3 rings (SSSR count). The van der Waals surface area contributed by atoms with Crippen molar-refractivity contribution in [2.75, 3.05) is 19.5 Å². The molecule has 1 amide bonds. The Balaban J connectivity index is 1.83. The molecule has 0 saturated heterocycles. The number of nitrogens with zero attached hydrogens (tertiary/aromatic N) is 1. The fourth-order valence-electron chi connectivity index (χ4n) is 2.47. The molecule has 0 radical (unpaired) electrons. The second-order valence-corrected chi connectivity index (χ2v) is 6.81. The van der Waals surface area contributed by atoms with Gasteiger partial charge in [0.15, 0.2) is 5.13 Å². The number of hydrogen-bond acceptors (Lipinski definition) is 6. The predicted molar refractivity (Wildman–Crippen MR) is 103 cm³/mol. The lowest BCUT2D eigenvalue weighted by Crippen LogP contribution is -2.12. The Kier molecular flexibility index (Phi) is 5.27. The zero-order valence-corrected chi connectivity index (χ0v) is 15.8. The third kappa shape index (κ3) is 3.72. The Hall–Kier alpha value is -2.80. The molecule has 1 heterocycles. The maximum absolute atomic E-state index is 12.5. The van der Waals surface area contributed by atoms with Crippen LogP contribution in [-0.2, 0) is 0 Å². The quantitative estimate of drug-likeness (QED) is 0.696. The van der Waals surface area contributed by atoms with Gasteiger partial charge >= 0.3 is 0 Å². The molecular weight excluding hydrogens is 352 g/mol. The minimum absolute atomic E-state index is 0.0855. The number of benzene rings is 2. The highest BCUT2D eigenvalue weighted by Crippen LogP contribution is 2.38. The summed E-state index contributed by atoms with van der Waals surface area (Å²) in [6.45, 7) is 3.91. The summed E-state index contributed by atoms with van der Waals surface area (Å²) in [4.78, 5) is 17.0. The molecule has 0 spiro atoms. The summed E-state index contributed by atoms with van der Waals surface area (Å²) in [5.41, 5.74) is 1.19. The second-order valence-electron chi connectivity index (χ2n) is 5.81. The molecule has 0 saturated carbocycles. The van der Waals surface area contributed by atoms with Crippen molar-refractivity contribution in [3.8, 4) is 17.2 Å². The molecule has 136 valence electrons. The third-order valence-corrected chi connectivity index (χ3v) is 4.60. The van der Waals surface area contributed by atoms with Crippen molar-refractivity contribution in [2.24, 2.45) is 0 Å². The molecule has 0 aliphatic heterocycles. The molecule has 7 heteroatoms. The smallest absolute Gasteiger partial charge is 0.257 e. The fraction of sp³-hybridized carbons (Fsp3) is 0.263. The minimum Gasteiger partial charge on any atom is -0.495 e. The SMILES string of the molecule is COc1ccc(OC)c2sc(NC(=O)c3ccc(OC(C)C)cc3)nc12. The monoisotopic (exact) mass is 372 g/mol. The van der Waals surface area contributed by atoms with E-state index in [1.807, 2.05) is 19.9 Å². The van der Waals surface area contributed by atoms with Gasteiger partial charge in [-0.15, -0.1) is 0 Å². The molecule has 0 unspecified atom stereocenters. The Labute approximate surface area is 155 Å². The van der Waals surface area contributed by atoms with Crippen LogP contribution >= 0.6 is 11.3 Å². The molecule has 2 aromatic carbocycles. The van der Waals surface area contributed by atoms with Gasteiger partial charge in [-0.3, -0.25) is 10.1 Å². The lowest BCUT2D eigenvalue weighted by Gasteiger charge is -2.09. The van der Waals surface area contributed by atoms with Crippen molar-refractivity contribution in [1.82, 2.24) is 4.98 Å². The van der Waals surface area contributed by atoms with E-state index in [2.05, 4.69) is 10.3 Å². The standard InChI is InChI=1S/C19H20N2O4S/c1-11(2)25-13-7-5-12(6-8-13)18(22)21-19-20-16-14(23-3)9-10-15(24-4)17(16)26-19/h5-11H,1-4H3,(H,20,21,22). The van der Waals surface area contributed by atoms with Crippen molar-refractivity contribution >= 4 is 32.6 Å². The molecule has 0 aliphatic carbocycles. The zero-order chi connectivity index (χ0) is 18.7. The summed E-state index contributed by atoms with van der Waals surface area (Å²) < 4.78 is 17.1. The van der Waals surface area contributed by atoms with Crippen LogP contribution in [0.5, 0.6) is 17.2 Å². The number of ether oxygens (including phenoxy) is 3. The van der Waals surface area contributed by atoms with Gasteiger partial charge < -0.3 is 14.2 Å². The fourth-order valence-corrected chi connectivity index (χ4v) is 3.43. The van der Waals surface area contributed by atoms with Crippen LogP contribution in [0, 0.1) is 0 Å². The average molecular weight is 372 g/mol. The second kappa shape index (κ2) is 7.61. The predicted octanol–water partition coefficient (Wildman–Crippen LogP) is 4.35. The van der Waals surface area contributed by atoms with Crippen molar-refractivity contribution in [1.29, 1.82) is 0 Å². The van der Waals surface area contributed by atoms with Crippen LogP contribution in [-0.4, -0.2) is 31.2 Å². The van der Waals surface area contributed by atoms with Crippen molar-refractivity contribution in [3.05, 3.63) is 42.0 Å². The number of rotatable bonds is 6. The lowest BCUT2D eigenvalue weighted by atomic mass is 10.2. The van der Waals surface area contributed by atoms with Gasteiger partial charge in [0, 0.05) is 5.56 Å². The van der Waals surface area contributed by atoms with Crippen molar-refractivity contribution in [3.63, 3.8) is 0 Å². The van der Waals surface area contributed by atoms with E-state index in [0.717, 1.165) is 10.4 Å². The number of hydrogen-bond donors (Lipinski definition) is 1. The van der Waals surface area contributed by atoms with E-state index in [1.165, 1.54) is 11.3 Å². The number of carbonyl (C=O) groups is 1. The summed E-state index contributed by atoms with van der Waals surface area (Å²) >= 11 is 1.34. The summed E-state index contributed by atoms with van der Waals surface area (Å²) in [7, 11) is 3.18. The molecule has 1 N–H and O–H groups in total. The van der Waals surface area contributed by atoms with E-state index in [9.17, 15) is 4.79 Å². The van der Waals surface area contributed by atoms with Gasteiger partial charge in [-0.25, -0.2) is 4.98 Å². The lowest BCUT2D eigenvalue weighted by molar-refractivity contribution is 0.102. The number of amides is 1. The molecule has 0 fully saturated rings. The van der Waals surface area contributed by atoms with Gasteiger partial charge in [0.1, 0.15) is 27.5 Å². The van der Waals surface area contributed by atoms with Gasteiger partial charge in [-0.2, -0.15) is 0 Å². The van der Waals surface area contributed by atoms with Crippen molar-refractivity contribution in [2.45, 2.75) is 20.0 Å². The first-order valence-corrected chi connectivity index (χ1v) is 8.93. The van der Waals surface area contributed by atoms with Crippen LogP contribution in [0.3, 0.4) is 0 Å². The molecule has 3 aromatic rings. The number of nitrogens with one attached hydrogen (secondary N) is 1. The molecule has 0 aliphatic rings. The molecule has 6 nitrogen and oxygen atoms in total. The molecule has 0 bridgehead atoms. The summed E-state index contributed by atoms with van der Waals surface area (Å²) in [5, 5.41) is 3.31. The first-order valence-electron chi connectivity index (χ1n) is 8.11. The summed E-state index contributed by atoms with van der Waals surface area (Å²) in [6.07, 6.45) is 0.0855. The van der Waals surface area contributed by atoms with E-state index in [0.29, 0.717) is 27.7 Å². The number of anilines is 1. The number of fused-ring (bicyclic) bond motifs is 1. The molecule has 26 heavy (non-hydrogen) atoms. The number of methoxy groups -OCH3 is 2. The highest BCUT2D eigenvalue weighted by molar-refractivity contribution is 7.22. The highest BCUT2D eigenvalue weighted by Gasteiger charge is 2.16. The van der Waals surface area contributed by atoms with Crippen LogP contribution in [0.15, 0.2) is 36.4 Å². The van der Waals surface area contributed by atoms with E-state index >= 15 is 0 Å². The normalized spacial score (nSPS) is 10.8. The Bertz CT molecular complexity index is 878. The highest BCUT2D eigenvalue weighted by atomic mass is 32.1. The maximum atomic E-state index is 12.5. The van der Waals surface area contributed by atoms with E-state index in [4.69, 9.17) is 14.2 Å².